The molecule has 0 atom stereocenters. The van der Waals surface area contributed by atoms with Crippen LogP contribution in [0.2, 0.25) is 0 Å². The molecule has 1 aromatic carbocycles. The standard InChI is InChI=1S/C15H21N3O3/c1-5-13-12-7-6-11(15(19)17(2)21-4)10-14(12)18(16-13)8-9-20-3/h6-7,10H,5,8-9H2,1-4H3. The topological polar surface area (TPSA) is 56.6 Å². The van der Waals surface area contributed by atoms with Gasteiger partial charge < -0.3 is 4.74 Å². The van der Waals surface area contributed by atoms with E-state index in [2.05, 4.69) is 12.0 Å². The lowest BCUT2D eigenvalue weighted by molar-refractivity contribution is -0.0756. The number of carbonyl (C=O) groups is 1. The van der Waals surface area contributed by atoms with E-state index in [4.69, 9.17) is 9.57 Å². The Balaban J connectivity index is 2.46. The van der Waals surface area contributed by atoms with E-state index >= 15 is 0 Å². The van der Waals surface area contributed by atoms with E-state index in [9.17, 15) is 4.79 Å². The van der Waals surface area contributed by atoms with Crippen molar-refractivity contribution >= 4 is 16.8 Å². The molecular formula is C15H21N3O3. The molecule has 21 heavy (non-hydrogen) atoms. The minimum absolute atomic E-state index is 0.183. The zero-order valence-corrected chi connectivity index (χ0v) is 12.9. The first-order valence-corrected chi connectivity index (χ1v) is 6.92. The van der Waals surface area contributed by atoms with Crippen LogP contribution in [-0.4, -0.2) is 48.6 Å². The highest BCUT2D eigenvalue weighted by Crippen LogP contribution is 2.21. The first-order valence-electron chi connectivity index (χ1n) is 6.92. The quantitative estimate of drug-likeness (QED) is 0.763. The third-order valence-corrected chi connectivity index (χ3v) is 3.48. The maximum absolute atomic E-state index is 12.2. The molecule has 6 nitrogen and oxygen atoms in total. The predicted octanol–water partition coefficient (Wildman–Crippen LogP) is 1.88. The molecule has 0 saturated heterocycles. The molecule has 0 bridgehead atoms. The van der Waals surface area contributed by atoms with Gasteiger partial charge >= 0.3 is 0 Å². The van der Waals surface area contributed by atoms with Gasteiger partial charge in [-0.2, -0.15) is 5.10 Å². The molecule has 0 spiro atoms. The van der Waals surface area contributed by atoms with Gasteiger partial charge in [0.2, 0.25) is 0 Å². The van der Waals surface area contributed by atoms with Gasteiger partial charge in [0.05, 0.1) is 31.5 Å². The lowest BCUT2D eigenvalue weighted by atomic mass is 10.1. The number of fused-ring (bicyclic) bond motifs is 1. The van der Waals surface area contributed by atoms with Crippen molar-refractivity contribution in [1.82, 2.24) is 14.8 Å². The first kappa shape index (κ1) is 15.5. The molecule has 0 radical (unpaired) electrons. The second kappa shape index (κ2) is 6.69. The van der Waals surface area contributed by atoms with Crippen LogP contribution in [0, 0.1) is 0 Å². The molecule has 2 rings (SSSR count). The Morgan fingerprint density at radius 2 is 2.14 bits per heavy atom. The van der Waals surface area contributed by atoms with Crippen molar-refractivity contribution in [3.63, 3.8) is 0 Å². The van der Waals surface area contributed by atoms with Gasteiger partial charge in [-0.15, -0.1) is 0 Å². The van der Waals surface area contributed by atoms with E-state index in [1.807, 2.05) is 22.9 Å². The van der Waals surface area contributed by atoms with Crippen LogP contribution >= 0.6 is 0 Å². The summed E-state index contributed by atoms with van der Waals surface area (Å²) in [5, 5.41) is 6.87. The van der Waals surface area contributed by atoms with Gasteiger partial charge in [0, 0.05) is 25.1 Å². The molecule has 0 unspecified atom stereocenters. The van der Waals surface area contributed by atoms with Crippen molar-refractivity contribution in [2.24, 2.45) is 0 Å². The SMILES string of the molecule is CCc1nn(CCOC)c2cc(C(=O)N(C)OC)ccc12. The van der Waals surface area contributed by atoms with Crippen LogP contribution in [0.25, 0.3) is 10.9 Å². The molecular weight excluding hydrogens is 270 g/mol. The number of ether oxygens (including phenoxy) is 1. The fraction of sp³-hybridized carbons (Fsp3) is 0.467. The summed E-state index contributed by atoms with van der Waals surface area (Å²) in [6.07, 6.45) is 0.849. The smallest absolute Gasteiger partial charge is 0.277 e. The molecule has 6 heteroatoms. The number of hydrogen-bond donors (Lipinski definition) is 0. The van der Waals surface area contributed by atoms with Gasteiger partial charge in [-0.25, -0.2) is 5.06 Å². The van der Waals surface area contributed by atoms with Crippen molar-refractivity contribution in [3.05, 3.63) is 29.5 Å². The second-order valence-electron chi connectivity index (χ2n) is 4.73. The highest BCUT2D eigenvalue weighted by molar-refractivity contribution is 5.97. The lowest BCUT2D eigenvalue weighted by Crippen LogP contribution is -2.25. The Bertz CT molecular complexity index is 636. The van der Waals surface area contributed by atoms with Crippen LogP contribution in [0.3, 0.4) is 0 Å². The number of amides is 1. The maximum atomic E-state index is 12.2. The number of nitrogens with zero attached hydrogens (tertiary/aromatic N) is 3. The predicted molar refractivity (Wildman–Crippen MR) is 80.1 cm³/mol. The fourth-order valence-electron chi connectivity index (χ4n) is 2.25. The normalized spacial score (nSPS) is 11.0. The Hall–Kier alpha value is -1.92. The van der Waals surface area contributed by atoms with Crippen LogP contribution in [0.1, 0.15) is 23.0 Å². The minimum Gasteiger partial charge on any atom is -0.383 e. The monoisotopic (exact) mass is 291 g/mol. The largest absolute Gasteiger partial charge is 0.383 e. The van der Waals surface area contributed by atoms with Gasteiger partial charge in [0.15, 0.2) is 0 Å². The average Bonchev–Trinajstić information content (AvgIpc) is 2.88. The van der Waals surface area contributed by atoms with E-state index < -0.39 is 0 Å². The summed E-state index contributed by atoms with van der Waals surface area (Å²) in [4.78, 5) is 17.1. The van der Waals surface area contributed by atoms with Gasteiger partial charge in [0.1, 0.15) is 0 Å². The summed E-state index contributed by atoms with van der Waals surface area (Å²) in [5.74, 6) is -0.183. The Kier molecular flexibility index (Phi) is 4.93. The van der Waals surface area contributed by atoms with Crippen molar-refractivity contribution in [2.45, 2.75) is 19.9 Å². The molecule has 2 aromatic rings. The Morgan fingerprint density at radius 3 is 2.76 bits per heavy atom. The Morgan fingerprint density at radius 1 is 1.38 bits per heavy atom. The third-order valence-electron chi connectivity index (χ3n) is 3.48. The van der Waals surface area contributed by atoms with Crippen LogP contribution in [0.5, 0.6) is 0 Å². The molecule has 0 saturated carbocycles. The van der Waals surface area contributed by atoms with Crippen molar-refractivity contribution < 1.29 is 14.4 Å². The lowest BCUT2D eigenvalue weighted by Gasteiger charge is -2.13. The summed E-state index contributed by atoms with van der Waals surface area (Å²) in [5.41, 5.74) is 2.55. The number of rotatable bonds is 6. The molecule has 0 aliphatic rings. The van der Waals surface area contributed by atoms with Crippen LogP contribution in [0.4, 0.5) is 0 Å². The van der Waals surface area contributed by atoms with E-state index in [1.165, 1.54) is 12.2 Å². The highest BCUT2D eigenvalue weighted by atomic mass is 16.7. The third kappa shape index (κ3) is 3.06. The zero-order valence-electron chi connectivity index (χ0n) is 12.9. The molecule has 1 aromatic heterocycles. The van der Waals surface area contributed by atoms with Crippen LogP contribution in [0.15, 0.2) is 18.2 Å². The number of methoxy groups -OCH3 is 1. The summed E-state index contributed by atoms with van der Waals surface area (Å²) in [6, 6.07) is 5.61. The minimum atomic E-state index is -0.183. The number of aryl methyl sites for hydroxylation is 1. The van der Waals surface area contributed by atoms with E-state index in [1.54, 1.807) is 14.2 Å². The fourth-order valence-corrected chi connectivity index (χ4v) is 2.25. The summed E-state index contributed by atoms with van der Waals surface area (Å²) < 4.78 is 7.01. The van der Waals surface area contributed by atoms with Crippen molar-refractivity contribution in [3.8, 4) is 0 Å². The molecule has 1 amide bonds. The summed E-state index contributed by atoms with van der Waals surface area (Å²) >= 11 is 0. The zero-order chi connectivity index (χ0) is 15.4. The molecule has 0 N–H and O–H groups in total. The molecule has 0 aliphatic heterocycles. The van der Waals surface area contributed by atoms with Gasteiger partial charge in [-0.3, -0.25) is 14.3 Å². The number of aromatic nitrogens is 2. The molecule has 0 fully saturated rings. The number of benzene rings is 1. The molecule has 1 heterocycles. The Labute approximate surface area is 124 Å². The van der Waals surface area contributed by atoms with E-state index in [0.29, 0.717) is 18.7 Å². The summed E-state index contributed by atoms with van der Waals surface area (Å²) in [6.45, 7) is 3.31. The van der Waals surface area contributed by atoms with Crippen molar-refractivity contribution in [1.29, 1.82) is 0 Å². The number of hydroxylamine groups is 2. The van der Waals surface area contributed by atoms with E-state index in [-0.39, 0.29) is 5.91 Å². The molecule has 0 aliphatic carbocycles. The number of carbonyl (C=O) groups excluding carboxylic acids is 1. The van der Waals surface area contributed by atoms with Gasteiger partial charge in [-0.05, 0) is 18.6 Å². The van der Waals surface area contributed by atoms with Crippen molar-refractivity contribution in [2.75, 3.05) is 27.9 Å². The average molecular weight is 291 g/mol. The van der Waals surface area contributed by atoms with Gasteiger partial charge in [0.25, 0.3) is 5.91 Å². The first-order chi connectivity index (χ1) is 10.1. The maximum Gasteiger partial charge on any atom is 0.277 e. The van der Waals surface area contributed by atoms with Gasteiger partial charge in [-0.1, -0.05) is 13.0 Å². The summed E-state index contributed by atoms with van der Waals surface area (Å²) in [7, 11) is 4.72. The second-order valence-corrected chi connectivity index (χ2v) is 4.73. The molecule has 114 valence electrons. The highest BCUT2D eigenvalue weighted by Gasteiger charge is 2.15. The van der Waals surface area contributed by atoms with Crippen LogP contribution < -0.4 is 0 Å². The van der Waals surface area contributed by atoms with Crippen LogP contribution in [-0.2, 0) is 22.5 Å². The van der Waals surface area contributed by atoms with E-state index in [0.717, 1.165) is 23.0 Å². The number of hydrogen-bond acceptors (Lipinski definition) is 4.